The number of amides is 1. The predicted molar refractivity (Wildman–Crippen MR) is 113 cm³/mol. The van der Waals surface area contributed by atoms with E-state index in [4.69, 9.17) is 15.9 Å². The Bertz CT molecular complexity index is 968. The Labute approximate surface area is 172 Å². The normalized spacial score (nSPS) is 10.5. The molecule has 5 nitrogen and oxygen atoms in total. The van der Waals surface area contributed by atoms with Crippen LogP contribution < -0.4 is 14.8 Å². The number of ether oxygens (including phenoxy) is 2. The molecule has 0 aliphatic carbocycles. The molecule has 0 atom stereocenters. The minimum Gasteiger partial charge on any atom is -0.493 e. The third-order valence-electron chi connectivity index (χ3n) is 3.62. The molecule has 0 saturated carbocycles. The summed E-state index contributed by atoms with van der Waals surface area (Å²) in [5, 5.41) is 12.2. The van der Waals surface area contributed by atoms with Crippen molar-refractivity contribution in [2.75, 3.05) is 19.0 Å². The van der Waals surface area contributed by atoms with E-state index in [9.17, 15) is 10.1 Å². The molecular formula is C21H17IN2O3. The zero-order valence-corrected chi connectivity index (χ0v) is 17.0. The zero-order chi connectivity index (χ0) is 19.8. The molecule has 0 spiro atoms. The van der Waals surface area contributed by atoms with Gasteiger partial charge in [0.1, 0.15) is 18.2 Å². The van der Waals surface area contributed by atoms with Gasteiger partial charge in [0.25, 0.3) is 5.91 Å². The Morgan fingerprint density at radius 3 is 2.74 bits per heavy atom. The Morgan fingerprint density at radius 1 is 1.37 bits per heavy atom. The Balaban J connectivity index is 2.33. The third kappa shape index (κ3) is 5.25. The van der Waals surface area contributed by atoms with Crippen molar-refractivity contribution in [2.24, 2.45) is 0 Å². The van der Waals surface area contributed by atoms with Gasteiger partial charge in [-0.1, -0.05) is 24.1 Å². The number of aryl methyl sites for hydroxylation is 1. The number of nitrogens with zero attached hydrogens (tertiary/aromatic N) is 1. The molecule has 0 radical (unpaired) electrons. The molecule has 0 heterocycles. The number of nitriles is 1. The first kappa shape index (κ1) is 20.3. The highest BCUT2D eigenvalue weighted by atomic mass is 127. The lowest BCUT2D eigenvalue weighted by Crippen LogP contribution is -2.14. The maximum Gasteiger partial charge on any atom is 0.266 e. The van der Waals surface area contributed by atoms with Crippen LogP contribution in [-0.2, 0) is 4.79 Å². The van der Waals surface area contributed by atoms with Crippen molar-refractivity contribution in [3.05, 3.63) is 56.7 Å². The van der Waals surface area contributed by atoms with Gasteiger partial charge in [-0.3, -0.25) is 4.79 Å². The number of para-hydroxylation sites is 1. The summed E-state index contributed by atoms with van der Waals surface area (Å²) in [5.74, 6) is 2.92. The summed E-state index contributed by atoms with van der Waals surface area (Å²) in [5.41, 5.74) is 2.19. The molecule has 0 saturated heterocycles. The minimum atomic E-state index is -0.478. The summed E-state index contributed by atoms with van der Waals surface area (Å²) in [4.78, 5) is 12.5. The fraction of sp³-hybridized carbons (Fsp3) is 0.143. The van der Waals surface area contributed by atoms with Crippen molar-refractivity contribution < 1.29 is 14.3 Å². The summed E-state index contributed by atoms with van der Waals surface area (Å²) in [6.07, 6.45) is 6.73. The molecule has 1 N–H and O–H groups in total. The van der Waals surface area contributed by atoms with E-state index in [1.54, 1.807) is 18.2 Å². The van der Waals surface area contributed by atoms with E-state index >= 15 is 0 Å². The number of rotatable bonds is 6. The largest absolute Gasteiger partial charge is 0.493 e. The average molecular weight is 472 g/mol. The lowest BCUT2D eigenvalue weighted by molar-refractivity contribution is -0.112. The minimum absolute atomic E-state index is 0.0200. The second-order valence-electron chi connectivity index (χ2n) is 5.47. The highest BCUT2D eigenvalue weighted by molar-refractivity contribution is 14.1. The fourth-order valence-corrected chi connectivity index (χ4v) is 3.08. The summed E-state index contributed by atoms with van der Waals surface area (Å²) in [6.45, 7) is 2.00. The van der Waals surface area contributed by atoms with Gasteiger partial charge in [-0.05, 0) is 64.9 Å². The molecule has 0 aliphatic rings. The first-order valence-electron chi connectivity index (χ1n) is 7.92. The van der Waals surface area contributed by atoms with Crippen LogP contribution in [0.3, 0.4) is 0 Å². The number of benzene rings is 2. The van der Waals surface area contributed by atoms with Crippen LogP contribution in [0.25, 0.3) is 6.08 Å². The molecule has 0 bridgehead atoms. The topological polar surface area (TPSA) is 71.3 Å². The van der Waals surface area contributed by atoms with Crippen LogP contribution in [0, 0.1) is 34.2 Å². The predicted octanol–water partition coefficient (Wildman–Crippen LogP) is 4.17. The van der Waals surface area contributed by atoms with Crippen molar-refractivity contribution in [2.45, 2.75) is 6.92 Å². The van der Waals surface area contributed by atoms with Gasteiger partial charge >= 0.3 is 0 Å². The van der Waals surface area contributed by atoms with Crippen LogP contribution in [0.4, 0.5) is 5.69 Å². The van der Waals surface area contributed by atoms with Gasteiger partial charge < -0.3 is 14.8 Å². The number of nitrogens with one attached hydrogen (secondary N) is 1. The van der Waals surface area contributed by atoms with E-state index in [0.717, 1.165) is 9.13 Å². The molecule has 27 heavy (non-hydrogen) atoms. The highest BCUT2D eigenvalue weighted by Gasteiger charge is 2.14. The summed E-state index contributed by atoms with van der Waals surface area (Å²) < 4.78 is 11.6. The molecule has 2 rings (SSSR count). The van der Waals surface area contributed by atoms with Crippen LogP contribution in [0.5, 0.6) is 11.5 Å². The molecule has 2 aromatic carbocycles. The molecule has 1 amide bonds. The quantitative estimate of drug-likeness (QED) is 0.297. The number of halogens is 1. The monoisotopic (exact) mass is 472 g/mol. The number of anilines is 1. The zero-order valence-electron chi connectivity index (χ0n) is 14.9. The van der Waals surface area contributed by atoms with Gasteiger partial charge in [-0.2, -0.15) is 5.26 Å². The van der Waals surface area contributed by atoms with Crippen molar-refractivity contribution in [3.8, 4) is 29.9 Å². The first-order chi connectivity index (χ1) is 13.0. The van der Waals surface area contributed by atoms with Crippen LogP contribution in [0.15, 0.2) is 42.0 Å². The van der Waals surface area contributed by atoms with Crippen molar-refractivity contribution in [1.29, 1.82) is 5.26 Å². The lowest BCUT2D eigenvalue weighted by Gasteiger charge is -2.12. The second-order valence-corrected chi connectivity index (χ2v) is 6.63. The number of hydrogen-bond donors (Lipinski definition) is 1. The van der Waals surface area contributed by atoms with E-state index in [0.29, 0.717) is 22.7 Å². The highest BCUT2D eigenvalue weighted by Crippen LogP contribution is 2.34. The maximum atomic E-state index is 12.5. The fourth-order valence-electron chi connectivity index (χ4n) is 2.30. The summed E-state index contributed by atoms with van der Waals surface area (Å²) >= 11 is 2.09. The molecular weight excluding hydrogens is 455 g/mol. The van der Waals surface area contributed by atoms with Gasteiger partial charge in [-0.25, -0.2) is 0 Å². The number of methoxy groups -OCH3 is 1. The van der Waals surface area contributed by atoms with Crippen LogP contribution in [0.1, 0.15) is 11.1 Å². The van der Waals surface area contributed by atoms with E-state index in [2.05, 4.69) is 33.8 Å². The molecule has 6 heteroatoms. The molecule has 0 unspecified atom stereocenters. The molecule has 0 aromatic heterocycles. The molecule has 2 aromatic rings. The van der Waals surface area contributed by atoms with E-state index in [-0.39, 0.29) is 12.2 Å². The Kier molecular flexibility index (Phi) is 7.27. The van der Waals surface area contributed by atoms with Gasteiger partial charge in [0.2, 0.25) is 0 Å². The van der Waals surface area contributed by atoms with Gasteiger partial charge in [0.15, 0.2) is 11.5 Å². The molecule has 0 fully saturated rings. The van der Waals surface area contributed by atoms with Crippen LogP contribution >= 0.6 is 22.6 Å². The standard InChI is InChI=1S/C21H17IN2O3/c1-4-9-27-20-17(22)11-15(12-19(20)26-3)10-16(13-23)21(25)24-18-8-6-5-7-14(18)2/h1,5-8,10-12H,9H2,2-3H3,(H,24,25)/b16-10-. The number of terminal acetylenes is 1. The van der Waals surface area contributed by atoms with Crippen LogP contribution in [-0.4, -0.2) is 19.6 Å². The molecule has 136 valence electrons. The smallest absolute Gasteiger partial charge is 0.266 e. The van der Waals surface area contributed by atoms with E-state index in [1.807, 2.05) is 31.2 Å². The van der Waals surface area contributed by atoms with E-state index < -0.39 is 5.91 Å². The second kappa shape index (κ2) is 9.65. The van der Waals surface area contributed by atoms with Gasteiger partial charge in [0, 0.05) is 5.69 Å². The summed E-state index contributed by atoms with van der Waals surface area (Å²) in [7, 11) is 1.51. The maximum absolute atomic E-state index is 12.5. The SMILES string of the molecule is C#CCOc1c(I)cc(/C=C(/C#N)C(=O)Nc2ccccc2C)cc1OC. The summed E-state index contributed by atoms with van der Waals surface area (Å²) in [6, 6.07) is 12.8. The lowest BCUT2D eigenvalue weighted by atomic mass is 10.1. The van der Waals surface area contributed by atoms with Crippen molar-refractivity contribution in [3.63, 3.8) is 0 Å². The third-order valence-corrected chi connectivity index (χ3v) is 4.42. The van der Waals surface area contributed by atoms with Gasteiger partial charge in [-0.15, -0.1) is 6.42 Å². The number of carbonyl (C=O) groups excluding carboxylic acids is 1. The van der Waals surface area contributed by atoms with Crippen molar-refractivity contribution >= 4 is 40.3 Å². The van der Waals surface area contributed by atoms with E-state index in [1.165, 1.54) is 13.2 Å². The Hall–Kier alpha value is -2.97. The number of carbonyl (C=O) groups is 1. The molecule has 0 aliphatic heterocycles. The Morgan fingerprint density at radius 2 is 2.11 bits per heavy atom. The number of hydrogen-bond acceptors (Lipinski definition) is 4. The first-order valence-corrected chi connectivity index (χ1v) is 9.00. The average Bonchev–Trinajstić information content (AvgIpc) is 2.66. The van der Waals surface area contributed by atoms with Crippen molar-refractivity contribution in [1.82, 2.24) is 0 Å². The van der Waals surface area contributed by atoms with Crippen LogP contribution in [0.2, 0.25) is 0 Å². The van der Waals surface area contributed by atoms with Gasteiger partial charge in [0.05, 0.1) is 10.7 Å².